The predicted molar refractivity (Wildman–Crippen MR) is 106 cm³/mol. The number of nitrogens with zero attached hydrogens (tertiary/aromatic N) is 3. The van der Waals surface area contributed by atoms with E-state index in [1.54, 1.807) is 22.9 Å². The lowest BCUT2D eigenvalue weighted by Crippen LogP contribution is -2.29. The van der Waals surface area contributed by atoms with Gasteiger partial charge in [0.1, 0.15) is 0 Å². The van der Waals surface area contributed by atoms with Gasteiger partial charge in [0.05, 0.1) is 29.2 Å². The van der Waals surface area contributed by atoms with Crippen molar-refractivity contribution in [2.24, 2.45) is 7.05 Å². The number of likely N-dealkylation sites (tertiary alicyclic amines) is 1. The largest absolute Gasteiger partial charge is 0.375 e. The van der Waals surface area contributed by atoms with E-state index in [4.69, 9.17) is 11.6 Å². The number of amides is 2. The first kappa shape index (κ1) is 19.2. The summed E-state index contributed by atoms with van der Waals surface area (Å²) in [7, 11) is 1.83. The van der Waals surface area contributed by atoms with Gasteiger partial charge in [-0.1, -0.05) is 11.6 Å². The third-order valence-corrected chi connectivity index (χ3v) is 5.05. The summed E-state index contributed by atoms with van der Waals surface area (Å²) < 4.78 is 1.72. The van der Waals surface area contributed by atoms with E-state index in [1.807, 2.05) is 25.8 Å². The summed E-state index contributed by atoms with van der Waals surface area (Å²) in [5.74, 6) is -0.250. The Morgan fingerprint density at radius 2 is 1.93 bits per heavy atom. The van der Waals surface area contributed by atoms with Crippen molar-refractivity contribution < 1.29 is 9.59 Å². The molecule has 2 N–H and O–H groups in total. The molecule has 0 saturated carbocycles. The van der Waals surface area contributed by atoms with Crippen LogP contribution in [-0.2, 0) is 11.8 Å². The number of halogens is 1. The fraction of sp³-hybridized carbons (Fsp3) is 0.421. The number of benzene rings is 1. The summed E-state index contributed by atoms with van der Waals surface area (Å²) in [5.41, 5.74) is 3.45. The molecule has 2 aromatic rings. The molecule has 0 unspecified atom stereocenters. The number of nitrogens with one attached hydrogen (secondary N) is 2. The standard InChI is InChI=1S/C19H24ClN5O2/c1-12-18(13(2)24(3)23-12)22-17(26)11-21-16-10-14(20)6-7-15(16)19(27)25-8-4-5-9-25/h6-7,10,21H,4-5,8-9,11H2,1-3H3,(H,22,26). The molecule has 0 atom stereocenters. The monoisotopic (exact) mass is 389 g/mol. The highest BCUT2D eigenvalue weighted by molar-refractivity contribution is 6.31. The van der Waals surface area contributed by atoms with Crippen LogP contribution >= 0.6 is 11.6 Å². The Labute approximate surface area is 163 Å². The van der Waals surface area contributed by atoms with E-state index >= 15 is 0 Å². The number of carbonyl (C=O) groups is 2. The smallest absolute Gasteiger partial charge is 0.255 e. The van der Waals surface area contributed by atoms with Crippen LogP contribution in [0.15, 0.2) is 18.2 Å². The molecule has 1 aromatic carbocycles. The highest BCUT2D eigenvalue weighted by atomic mass is 35.5. The summed E-state index contributed by atoms with van der Waals surface area (Å²) in [6.45, 7) is 5.29. The molecule has 1 aromatic heterocycles. The van der Waals surface area contributed by atoms with E-state index in [1.165, 1.54) is 0 Å². The lowest BCUT2D eigenvalue weighted by Gasteiger charge is -2.18. The van der Waals surface area contributed by atoms with Gasteiger partial charge in [0, 0.05) is 30.8 Å². The summed E-state index contributed by atoms with van der Waals surface area (Å²) in [4.78, 5) is 27.0. The Bertz CT molecular complexity index is 871. The highest BCUT2D eigenvalue weighted by Gasteiger charge is 2.22. The third kappa shape index (κ3) is 4.24. The molecule has 8 heteroatoms. The zero-order valence-electron chi connectivity index (χ0n) is 15.8. The Kier molecular flexibility index (Phi) is 5.70. The lowest BCUT2D eigenvalue weighted by atomic mass is 10.1. The van der Waals surface area contributed by atoms with Crippen LogP contribution in [0.5, 0.6) is 0 Å². The number of anilines is 2. The van der Waals surface area contributed by atoms with E-state index < -0.39 is 0 Å². The van der Waals surface area contributed by atoms with Crippen LogP contribution in [0.2, 0.25) is 5.02 Å². The highest BCUT2D eigenvalue weighted by Crippen LogP contribution is 2.24. The van der Waals surface area contributed by atoms with Crippen molar-refractivity contribution in [2.45, 2.75) is 26.7 Å². The molecule has 27 heavy (non-hydrogen) atoms. The van der Waals surface area contributed by atoms with Crippen molar-refractivity contribution in [2.75, 3.05) is 30.3 Å². The van der Waals surface area contributed by atoms with Crippen molar-refractivity contribution in [3.05, 3.63) is 40.2 Å². The molecule has 0 aliphatic carbocycles. The number of aryl methyl sites for hydroxylation is 2. The maximum absolute atomic E-state index is 12.7. The maximum atomic E-state index is 12.7. The molecule has 0 radical (unpaired) electrons. The topological polar surface area (TPSA) is 79.3 Å². The first-order valence-electron chi connectivity index (χ1n) is 8.99. The van der Waals surface area contributed by atoms with Gasteiger partial charge in [0.2, 0.25) is 5.91 Å². The van der Waals surface area contributed by atoms with Crippen LogP contribution < -0.4 is 10.6 Å². The number of hydrogen-bond acceptors (Lipinski definition) is 4. The average molecular weight is 390 g/mol. The van der Waals surface area contributed by atoms with Crippen molar-refractivity contribution in [1.82, 2.24) is 14.7 Å². The number of rotatable bonds is 5. The molecule has 144 valence electrons. The number of carbonyl (C=O) groups excluding carboxylic acids is 2. The summed E-state index contributed by atoms with van der Waals surface area (Å²) in [6.07, 6.45) is 2.04. The van der Waals surface area contributed by atoms with E-state index in [0.29, 0.717) is 22.0 Å². The molecule has 0 bridgehead atoms. The van der Waals surface area contributed by atoms with Crippen LogP contribution in [0.3, 0.4) is 0 Å². The van der Waals surface area contributed by atoms with E-state index in [2.05, 4.69) is 15.7 Å². The fourth-order valence-electron chi connectivity index (χ4n) is 3.25. The zero-order chi connectivity index (χ0) is 19.6. The molecule has 0 spiro atoms. The number of aromatic nitrogens is 2. The lowest BCUT2D eigenvalue weighted by molar-refractivity contribution is -0.114. The van der Waals surface area contributed by atoms with Gasteiger partial charge in [-0.25, -0.2) is 0 Å². The van der Waals surface area contributed by atoms with Crippen molar-refractivity contribution in [3.8, 4) is 0 Å². The van der Waals surface area contributed by atoms with Crippen LogP contribution in [-0.4, -0.2) is 46.1 Å². The predicted octanol–water partition coefficient (Wildman–Crippen LogP) is 2.98. The zero-order valence-corrected chi connectivity index (χ0v) is 16.6. The molecule has 7 nitrogen and oxygen atoms in total. The summed E-state index contributed by atoms with van der Waals surface area (Å²) >= 11 is 6.09. The first-order valence-corrected chi connectivity index (χ1v) is 9.37. The van der Waals surface area contributed by atoms with Gasteiger partial charge in [-0.15, -0.1) is 0 Å². The van der Waals surface area contributed by atoms with Crippen molar-refractivity contribution >= 4 is 34.8 Å². The first-order chi connectivity index (χ1) is 12.9. The van der Waals surface area contributed by atoms with E-state index in [9.17, 15) is 9.59 Å². The average Bonchev–Trinajstić information content (AvgIpc) is 3.24. The quantitative estimate of drug-likeness (QED) is 0.823. The maximum Gasteiger partial charge on any atom is 0.255 e. The Hall–Kier alpha value is -2.54. The minimum atomic E-state index is -0.214. The SMILES string of the molecule is Cc1nn(C)c(C)c1NC(=O)CNc1cc(Cl)ccc1C(=O)N1CCCC1. The fourth-order valence-corrected chi connectivity index (χ4v) is 3.43. The molecule has 3 rings (SSSR count). The van der Waals surface area contributed by atoms with Gasteiger partial charge in [0.15, 0.2) is 0 Å². The Morgan fingerprint density at radius 1 is 1.22 bits per heavy atom. The van der Waals surface area contributed by atoms with Gasteiger partial charge in [-0.2, -0.15) is 5.10 Å². The summed E-state index contributed by atoms with van der Waals surface area (Å²) in [5, 5.41) is 10.7. The van der Waals surface area contributed by atoms with Crippen LogP contribution in [0.4, 0.5) is 11.4 Å². The van der Waals surface area contributed by atoms with Gasteiger partial charge >= 0.3 is 0 Å². The van der Waals surface area contributed by atoms with Gasteiger partial charge in [-0.3, -0.25) is 14.3 Å². The third-order valence-electron chi connectivity index (χ3n) is 4.82. The van der Waals surface area contributed by atoms with Crippen LogP contribution in [0.1, 0.15) is 34.6 Å². The molecule has 1 aliphatic rings. The normalized spacial score (nSPS) is 13.7. The second kappa shape index (κ2) is 8.00. The van der Waals surface area contributed by atoms with Crippen LogP contribution in [0.25, 0.3) is 0 Å². The van der Waals surface area contributed by atoms with Gasteiger partial charge in [-0.05, 0) is 44.9 Å². The molecule has 1 fully saturated rings. The van der Waals surface area contributed by atoms with Crippen LogP contribution in [0, 0.1) is 13.8 Å². The second-order valence-electron chi connectivity index (χ2n) is 6.76. The Morgan fingerprint density at radius 3 is 2.56 bits per heavy atom. The van der Waals surface area contributed by atoms with Crippen molar-refractivity contribution in [1.29, 1.82) is 0 Å². The minimum Gasteiger partial charge on any atom is -0.375 e. The molecule has 1 aliphatic heterocycles. The minimum absolute atomic E-state index is 0.0222. The molecular formula is C19H24ClN5O2. The van der Waals surface area contributed by atoms with Gasteiger partial charge in [0.25, 0.3) is 5.91 Å². The molecule has 2 amide bonds. The second-order valence-corrected chi connectivity index (χ2v) is 7.20. The molecular weight excluding hydrogens is 366 g/mol. The molecule has 1 saturated heterocycles. The van der Waals surface area contributed by atoms with E-state index in [0.717, 1.165) is 37.3 Å². The Balaban J connectivity index is 1.70. The molecule has 2 heterocycles. The van der Waals surface area contributed by atoms with Gasteiger partial charge < -0.3 is 15.5 Å². The van der Waals surface area contributed by atoms with E-state index in [-0.39, 0.29) is 18.4 Å². The van der Waals surface area contributed by atoms with Crippen molar-refractivity contribution in [3.63, 3.8) is 0 Å². The number of hydrogen-bond donors (Lipinski definition) is 2. The summed E-state index contributed by atoms with van der Waals surface area (Å²) in [6, 6.07) is 5.08.